The minimum absolute atomic E-state index is 0.328. The van der Waals surface area contributed by atoms with Crippen LogP contribution in [0, 0.1) is 0 Å². The lowest BCUT2D eigenvalue weighted by Gasteiger charge is -1.98. The number of carbonyl (C=O) groups excluding carboxylic acids is 1. The Bertz CT molecular complexity index is 320. The van der Waals surface area contributed by atoms with Gasteiger partial charge in [-0.25, -0.2) is 4.98 Å². The fraction of sp³-hybridized carbons (Fsp3) is 0.333. The second kappa shape index (κ2) is 2.87. The predicted octanol–water partition coefficient (Wildman–Crippen LogP) is 2.42. The molecule has 0 spiro atoms. The largest absolute Gasteiger partial charge is 0.298 e. The van der Waals surface area contributed by atoms with E-state index in [0.717, 1.165) is 12.0 Å². The van der Waals surface area contributed by atoms with Crippen molar-refractivity contribution >= 4 is 17.9 Å². The molecule has 1 aromatic heterocycles. The normalized spacial score (nSPS) is 16.1. The van der Waals surface area contributed by atoms with E-state index in [1.165, 1.54) is 12.8 Å². The molecule has 0 aliphatic heterocycles. The van der Waals surface area contributed by atoms with Crippen molar-refractivity contribution in [2.24, 2.45) is 0 Å². The van der Waals surface area contributed by atoms with E-state index in [4.69, 9.17) is 11.6 Å². The van der Waals surface area contributed by atoms with Crippen LogP contribution in [0.1, 0.15) is 34.8 Å². The molecule has 0 aromatic carbocycles. The van der Waals surface area contributed by atoms with Crippen molar-refractivity contribution in [2.75, 3.05) is 0 Å². The van der Waals surface area contributed by atoms with E-state index >= 15 is 0 Å². The molecule has 1 aliphatic rings. The Kier molecular flexibility index (Phi) is 1.85. The van der Waals surface area contributed by atoms with Gasteiger partial charge in [-0.15, -0.1) is 0 Å². The maximum atomic E-state index is 10.4. The first-order chi connectivity index (χ1) is 5.81. The van der Waals surface area contributed by atoms with Gasteiger partial charge in [-0.05, 0) is 25.0 Å². The highest BCUT2D eigenvalue weighted by Crippen LogP contribution is 2.39. The molecule has 62 valence electrons. The van der Waals surface area contributed by atoms with Crippen LogP contribution in [-0.2, 0) is 0 Å². The second-order valence-electron chi connectivity index (χ2n) is 3.01. The summed E-state index contributed by atoms with van der Waals surface area (Å²) in [6, 6.07) is 3.61. The highest BCUT2D eigenvalue weighted by molar-refractivity contribution is 6.31. The van der Waals surface area contributed by atoms with Gasteiger partial charge in [-0.1, -0.05) is 11.6 Å². The molecule has 12 heavy (non-hydrogen) atoms. The third kappa shape index (κ3) is 1.34. The SMILES string of the molecule is O=Cc1ccc(C2CC2)nc1Cl. The van der Waals surface area contributed by atoms with Crippen LogP contribution in [0.5, 0.6) is 0 Å². The van der Waals surface area contributed by atoms with Crippen molar-refractivity contribution in [3.8, 4) is 0 Å². The summed E-state index contributed by atoms with van der Waals surface area (Å²) in [4.78, 5) is 14.5. The van der Waals surface area contributed by atoms with Gasteiger partial charge in [0.15, 0.2) is 6.29 Å². The van der Waals surface area contributed by atoms with Crippen molar-refractivity contribution in [3.63, 3.8) is 0 Å². The number of hydrogen-bond acceptors (Lipinski definition) is 2. The van der Waals surface area contributed by atoms with Gasteiger partial charge in [0, 0.05) is 11.6 Å². The van der Waals surface area contributed by atoms with Gasteiger partial charge in [0.25, 0.3) is 0 Å². The van der Waals surface area contributed by atoms with E-state index in [-0.39, 0.29) is 0 Å². The maximum absolute atomic E-state index is 10.4. The van der Waals surface area contributed by atoms with E-state index in [2.05, 4.69) is 4.98 Å². The zero-order chi connectivity index (χ0) is 8.55. The van der Waals surface area contributed by atoms with Gasteiger partial charge in [-0.2, -0.15) is 0 Å². The molecule has 2 nitrogen and oxygen atoms in total. The molecule has 1 saturated carbocycles. The monoisotopic (exact) mass is 181 g/mol. The number of nitrogens with zero attached hydrogens (tertiary/aromatic N) is 1. The molecule has 1 aliphatic carbocycles. The molecule has 0 N–H and O–H groups in total. The summed E-state index contributed by atoms with van der Waals surface area (Å²) in [6.07, 6.45) is 3.12. The maximum Gasteiger partial charge on any atom is 0.153 e. The van der Waals surface area contributed by atoms with Crippen molar-refractivity contribution in [1.29, 1.82) is 0 Å². The van der Waals surface area contributed by atoms with Gasteiger partial charge in [-0.3, -0.25) is 4.79 Å². The summed E-state index contributed by atoms with van der Waals surface area (Å²) in [7, 11) is 0. The minimum atomic E-state index is 0.328. The molecule has 1 aromatic rings. The Morgan fingerprint density at radius 2 is 2.25 bits per heavy atom. The number of carbonyl (C=O) groups is 1. The van der Waals surface area contributed by atoms with E-state index in [1.54, 1.807) is 6.07 Å². The van der Waals surface area contributed by atoms with Crippen molar-refractivity contribution in [1.82, 2.24) is 4.98 Å². The van der Waals surface area contributed by atoms with E-state index in [0.29, 0.717) is 16.6 Å². The summed E-state index contributed by atoms with van der Waals surface area (Å²) >= 11 is 5.76. The average Bonchev–Trinajstić information content (AvgIpc) is 2.86. The van der Waals surface area contributed by atoms with Crippen molar-refractivity contribution < 1.29 is 4.79 Å². The Morgan fingerprint density at radius 1 is 1.50 bits per heavy atom. The Morgan fingerprint density at radius 3 is 2.75 bits per heavy atom. The fourth-order valence-corrected chi connectivity index (χ4v) is 1.36. The van der Waals surface area contributed by atoms with E-state index in [1.807, 2.05) is 6.07 Å². The summed E-state index contributed by atoms with van der Waals surface area (Å²) < 4.78 is 0. The summed E-state index contributed by atoms with van der Waals surface area (Å²) in [5.74, 6) is 0.586. The van der Waals surface area contributed by atoms with Crippen molar-refractivity contribution in [3.05, 3.63) is 28.5 Å². The molecular formula is C9H8ClNO. The van der Waals surface area contributed by atoms with E-state index < -0.39 is 0 Å². The van der Waals surface area contributed by atoms with Crippen LogP contribution in [0.4, 0.5) is 0 Å². The van der Waals surface area contributed by atoms with Crippen LogP contribution >= 0.6 is 11.6 Å². The number of halogens is 1. The van der Waals surface area contributed by atoms with Gasteiger partial charge in [0.05, 0.1) is 5.56 Å². The first-order valence-electron chi connectivity index (χ1n) is 3.93. The third-order valence-corrected chi connectivity index (χ3v) is 2.32. The van der Waals surface area contributed by atoms with Gasteiger partial charge < -0.3 is 0 Å². The molecule has 0 atom stereocenters. The molecule has 2 rings (SSSR count). The Hall–Kier alpha value is -0.890. The zero-order valence-corrected chi connectivity index (χ0v) is 7.21. The lowest BCUT2D eigenvalue weighted by Crippen LogP contribution is -1.91. The van der Waals surface area contributed by atoms with Crippen LogP contribution in [0.15, 0.2) is 12.1 Å². The first kappa shape index (κ1) is 7.74. The Balaban J connectivity index is 2.36. The summed E-state index contributed by atoms with van der Waals surface area (Å²) in [5.41, 5.74) is 1.49. The molecule has 0 bridgehead atoms. The number of hydrogen-bond donors (Lipinski definition) is 0. The lowest BCUT2D eigenvalue weighted by atomic mass is 10.2. The van der Waals surface area contributed by atoms with Crippen LogP contribution in [0.25, 0.3) is 0 Å². The molecule has 0 amide bonds. The second-order valence-corrected chi connectivity index (χ2v) is 3.37. The molecule has 1 heterocycles. The quantitative estimate of drug-likeness (QED) is 0.518. The predicted molar refractivity (Wildman–Crippen MR) is 46.6 cm³/mol. The molecule has 3 heteroatoms. The van der Waals surface area contributed by atoms with Crippen LogP contribution in [0.3, 0.4) is 0 Å². The van der Waals surface area contributed by atoms with Crippen LogP contribution < -0.4 is 0 Å². The molecule has 1 fully saturated rings. The Labute approximate surface area is 75.6 Å². The topological polar surface area (TPSA) is 30.0 Å². The first-order valence-corrected chi connectivity index (χ1v) is 4.30. The molecule has 0 saturated heterocycles. The third-order valence-electron chi connectivity index (χ3n) is 2.02. The minimum Gasteiger partial charge on any atom is -0.298 e. The summed E-state index contributed by atoms with van der Waals surface area (Å²) in [5, 5.41) is 0.328. The molecule has 0 unspecified atom stereocenters. The standard InChI is InChI=1S/C9H8ClNO/c10-9-7(5-12)3-4-8(11-9)6-1-2-6/h3-6H,1-2H2. The van der Waals surface area contributed by atoms with Crippen LogP contribution in [0.2, 0.25) is 5.15 Å². The van der Waals surface area contributed by atoms with Gasteiger partial charge in [0.2, 0.25) is 0 Å². The lowest BCUT2D eigenvalue weighted by molar-refractivity contribution is 0.112. The van der Waals surface area contributed by atoms with E-state index in [9.17, 15) is 4.79 Å². The molecular weight excluding hydrogens is 174 g/mol. The zero-order valence-electron chi connectivity index (χ0n) is 6.46. The smallest absolute Gasteiger partial charge is 0.153 e. The van der Waals surface area contributed by atoms with Gasteiger partial charge in [0.1, 0.15) is 5.15 Å². The molecule has 0 radical (unpaired) electrons. The highest BCUT2D eigenvalue weighted by Gasteiger charge is 2.25. The number of aromatic nitrogens is 1. The summed E-state index contributed by atoms with van der Waals surface area (Å²) in [6.45, 7) is 0. The van der Waals surface area contributed by atoms with Gasteiger partial charge >= 0.3 is 0 Å². The number of aldehydes is 1. The number of rotatable bonds is 2. The van der Waals surface area contributed by atoms with Crippen molar-refractivity contribution in [2.45, 2.75) is 18.8 Å². The fourth-order valence-electron chi connectivity index (χ4n) is 1.15. The van der Waals surface area contributed by atoms with Crippen LogP contribution in [-0.4, -0.2) is 11.3 Å². The number of pyridine rings is 1. The average molecular weight is 182 g/mol. The highest BCUT2D eigenvalue weighted by atomic mass is 35.5.